The second-order valence-electron chi connectivity index (χ2n) is 7.98. The minimum atomic E-state index is -1.13. The summed E-state index contributed by atoms with van der Waals surface area (Å²) in [7, 11) is 0. The number of rotatable bonds is 3. The number of nitrogens with one attached hydrogen (secondary N) is 1. The summed E-state index contributed by atoms with van der Waals surface area (Å²) in [4.78, 5) is 26.9. The second-order valence-corrected chi connectivity index (χ2v) is 8.42. The van der Waals surface area contributed by atoms with Gasteiger partial charge in [0.1, 0.15) is 5.60 Å². The van der Waals surface area contributed by atoms with Gasteiger partial charge in [0.05, 0.1) is 0 Å². The molecule has 1 aliphatic heterocycles. The average Bonchev–Trinajstić information content (AvgIpc) is 2.84. The molecule has 1 saturated heterocycles. The normalized spacial score (nSPS) is 14.7. The molecule has 0 bridgehead atoms. The predicted molar refractivity (Wildman–Crippen MR) is 129 cm³/mol. The van der Waals surface area contributed by atoms with Crippen LogP contribution in [0.25, 0.3) is 0 Å². The number of likely N-dealkylation sites (tertiary alicyclic amines) is 1. The highest BCUT2D eigenvalue weighted by Crippen LogP contribution is 2.24. The van der Waals surface area contributed by atoms with E-state index in [-0.39, 0.29) is 11.8 Å². The Balaban J connectivity index is 1.34. The van der Waals surface area contributed by atoms with Crippen molar-refractivity contribution in [3.63, 3.8) is 0 Å². The average molecular weight is 459 g/mol. The van der Waals surface area contributed by atoms with Crippen LogP contribution in [-0.4, -0.2) is 40.5 Å². The minimum absolute atomic E-state index is 0.110. The topological polar surface area (TPSA) is 69.6 Å². The molecule has 0 atom stereocenters. The van der Waals surface area contributed by atoms with E-state index in [1.54, 1.807) is 65.6 Å². The van der Waals surface area contributed by atoms with Crippen LogP contribution in [0.3, 0.4) is 0 Å². The number of benzene rings is 3. The van der Waals surface area contributed by atoms with Gasteiger partial charge in [-0.15, -0.1) is 0 Å². The second kappa shape index (κ2) is 9.91. The molecule has 0 aromatic heterocycles. The van der Waals surface area contributed by atoms with E-state index in [1.807, 2.05) is 18.2 Å². The van der Waals surface area contributed by atoms with Gasteiger partial charge in [-0.25, -0.2) is 0 Å². The molecule has 0 radical (unpaired) electrons. The highest BCUT2D eigenvalue weighted by Gasteiger charge is 2.32. The third-order valence-corrected chi connectivity index (χ3v) is 5.80. The first-order chi connectivity index (χ1) is 15.9. The molecule has 5 nitrogen and oxygen atoms in total. The lowest BCUT2D eigenvalue weighted by atomic mass is 9.91. The molecule has 3 aromatic rings. The zero-order valence-electron chi connectivity index (χ0n) is 17.9. The molecule has 4 rings (SSSR count). The van der Waals surface area contributed by atoms with E-state index < -0.39 is 5.60 Å². The SMILES string of the molecule is O=C(Nc1ccc(C(=O)N2CCC(O)(C#Cc3cccc(Cl)c3)CC2)cc1)c1ccccc1. The third-order valence-electron chi connectivity index (χ3n) is 5.57. The molecular formula is C27H23ClN2O3. The van der Waals surface area contributed by atoms with E-state index in [1.165, 1.54) is 0 Å². The molecule has 0 unspecified atom stereocenters. The zero-order chi connectivity index (χ0) is 23.3. The van der Waals surface area contributed by atoms with Gasteiger partial charge in [0, 0.05) is 53.3 Å². The van der Waals surface area contributed by atoms with Crippen LogP contribution < -0.4 is 5.32 Å². The maximum absolute atomic E-state index is 12.9. The number of nitrogens with zero attached hydrogens (tertiary/aromatic N) is 1. The Labute approximate surface area is 198 Å². The molecule has 1 heterocycles. The molecule has 0 aliphatic carbocycles. The van der Waals surface area contributed by atoms with Gasteiger partial charge in [-0.05, 0) is 54.6 Å². The molecule has 3 aromatic carbocycles. The van der Waals surface area contributed by atoms with Crippen LogP contribution in [0.2, 0.25) is 5.02 Å². The van der Waals surface area contributed by atoms with E-state index in [2.05, 4.69) is 17.2 Å². The molecule has 0 saturated carbocycles. The van der Waals surface area contributed by atoms with Crippen LogP contribution in [0, 0.1) is 11.8 Å². The molecule has 0 spiro atoms. The molecule has 1 fully saturated rings. The van der Waals surface area contributed by atoms with E-state index in [0.29, 0.717) is 47.8 Å². The Morgan fingerprint density at radius 1 is 0.909 bits per heavy atom. The van der Waals surface area contributed by atoms with Crippen LogP contribution in [0.15, 0.2) is 78.9 Å². The van der Waals surface area contributed by atoms with Gasteiger partial charge in [-0.3, -0.25) is 9.59 Å². The van der Waals surface area contributed by atoms with Crippen molar-refractivity contribution in [2.24, 2.45) is 0 Å². The minimum Gasteiger partial charge on any atom is -0.377 e. The summed E-state index contributed by atoms with van der Waals surface area (Å²) in [5, 5.41) is 14.2. The maximum atomic E-state index is 12.9. The van der Waals surface area contributed by atoms with Crippen LogP contribution in [-0.2, 0) is 0 Å². The van der Waals surface area contributed by atoms with Crippen molar-refractivity contribution in [2.45, 2.75) is 18.4 Å². The summed E-state index contributed by atoms with van der Waals surface area (Å²) in [5.74, 6) is 5.62. The molecule has 33 heavy (non-hydrogen) atoms. The van der Waals surface area contributed by atoms with Crippen molar-refractivity contribution in [1.82, 2.24) is 4.90 Å². The first-order valence-corrected chi connectivity index (χ1v) is 11.1. The number of halogens is 1. The summed E-state index contributed by atoms with van der Waals surface area (Å²) in [6.07, 6.45) is 0.745. The predicted octanol–water partition coefficient (Wildman–Crippen LogP) is 4.61. The first-order valence-electron chi connectivity index (χ1n) is 10.7. The summed E-state index contributed by atoms with van der Waals surface area (Å²) >= 11 is 5.98. The Morgan fingerprint density at radius 3 is 2.27 bits per heavy atom. The standard InChI is InChI=1S/C27H23ClN2O3/c28-23-8-4-5-20(19-23)13-14-27(33)15-17-30(18-16-27)26(32)22-9-11-24(12-10-22)29-25(31)21-6-2-1-3-7-21/h1-12,19,33H,15-18H2,(H,29,31). The molecule has 2 N–H and O–H groups in total. The lowest BCUT2D eigenvalue weighted by Crippen LogP contribution is -2.46. The van der Waals surface area contributed by atoms with Crippen LogP contribution in [0.5, 0.6) is 0 Å². The molecule has 2 amide bonds. The number of hydrogen-bond donors (Lipinski definition) is 2. The number of aliphatic hydroxyl groups is 1. The molecule has 166 valence electrons. The van der Waals surface area contributed by atoms with E-state index >= 15 is 0 Å². The van der Waals surface area contributed by atoms with E-state index in [9.17, 15) is 14.7 Å². The zero-order valence-corrected chi connectivity index (χ0v) is 18.7. The van der Waals surface area contributed by atoms with Gasteiger partial charge >= 0.3 is 0 Å². The van der Waals surface area contributed by atoms with Crippen LogP contribution in [0.1, 0.15) is 39.1 Å². The number of anilines is 1. The van der Waals surface area contributed by atoms with Gasteiger partial charge in [0.15, 0.2) is 0 Å². The van der Waals surface area contributed by atoms with Crippen LogP contribution in [0.4, 0.5) is 5.69 Å². The quantitative estimate of drug-likeness (QED) is 0.563. The van der Waals surface area contributed by atoms with Crippen molar-refractivity contribution in [1.29, 1.82) is 0 Å². The van der Waals surface area contributed by atoms with Gasteiger partial charge in [0.2, 0.25) is 0 Å². The van der Waals surface area contributed by atoms with Crippen molar-refractivity contribution in [3.05, 3.63) is 101 Å². The number of hydrogen-bond acceptors (Lipinski definition) is 3. The number of carbonyl (C=O) groups is 2. The first kappa shape index (κ1) is 22.6. The van der Waals surface area contributed by atoms with Gasteiger partial charge in [0.25, 0.3) is 11.8 Å². The summed E-state index contributed by atoms with van der Waals surface area (Å²) in [6, 6.07) is 22.9. The molecule has 1 aliphatic rings. The molecular weight excluding hydrogens is 436 g/mol. The third kappa shape index (κ3) is 5.81. The summed E-state index contributed by atoms with van der Waals surface area (Å²) in [6.45, 7) is 0.818. The van der Waals surface area contributed by atoms with E-state index in [0.717, 1.165) is 5.56 Å². The van der Waals surface area contributed by atoms with Gasteiger partial charge < -0.3 is 15.3 Å². The number of piperidine rings is 1. The van der Waals surface area contributed by atoms with Crippen molar-refractivity contribution >= 4 is 29.1 Å². The Bertz CT molecular complexity index is 1210. The fraction of sp³-hybridized carbons (Fsp3) is 0.185. The fourth-order valence-corrected chi connectivity index (χ4v) is 3.82. The van der Waals surface area contributed by atoms with Crippen molar-refractivity contribution in [3.8, 4) is 11.8 Å². The maximum Gasteiger partial charge on any atom is 0.255 e. The number of carbonyl (C=O) groups excluding carboxylic acids is 2. The lowest BCUT2D eigenvalue weighted by molar-refractivity contribution is 0.0249. The smallest absolute Gasteiger partial charge is 0.255 e. The summed E-state index contributed by atoms with van der Waals surface area (Å²) in [5.41, 5.74) is 1.32. The van der Waals surface area contributed by atoms with E-state index in [4.69, 9.17) is 11.6 Å². The number of amides is 2. The lowest BCUT2D eigenvalue weighted by Gasteiger charge is -2.35. The Kier molecular flexibility index (Phi) is 6.79. The van der Waals surface area contributed by atoms with Crippen LogP contribution >= 0.6 is 11.6 Å². The highest BCUT2D eigenvalue weighted by molar-refractivity contribution is 6.30. The molecule has 6 heteroatoms. The Hall–Kier alpha value is -3.59. The van der Waals surface area contributed by atoms with Crippen molar-refractivity contribution < 1.29 is 14.7 Å². The van der Waals surface area contributed by atoms with Crippen molar-refractivity contribution in [2.75, 3.05) is 18.4 Å². The highest BCUT2D eigenvalue weighted by atomic mass is 35.5. The van der Waals surface area contributed by atoms with Gasteiger partial charge in [-0.2, -0.15) is 0 Å². The largest absolute Gasteiger partial charge is 0.377 e. The fourth-order valence-electron chi connectivity index (χ4n) is 3.63. The van der Waals surface area contributed by atoms with Gasteiger partial charge in [-0.1, -0.05) is 47.7 Å². The monoisotopic (exact) mass is 458 g/mol. The Morgan fingerprint density at radius 2 is 1.61 bits per heavy atom. The summed E-state index contributed by atoms with van der Waals surface area (Å²) < 4.78 is 0.